The van der Waals surface area contributed by atoms with E-state index in [0.717, 1.165) is 0 Å². The van der Waals surface area contributed by atoms with Gasteiger partial charge in [0.15, 0.2) is 18.9 Å². The fourth-order valence-electron chi connectivity index (χ4n) is 2.06. The second-order valence-electron chi connectivity index (χ2n) is 5.43. The van der Waals surface area contributed by atoms with E-state index in [2.05, 4.69) is 15.5 Å². The molecule has 11 nitrogen and oxygen atoms in total. The standard InChI is InChI=1S/C14H16N4O7P2/c19-14(12-3-5-15-6-4-12)17-16-8-11-2-1-7-18(9-11)10-13(26(20,21)22)27(23,24)25/h1-9,13H,10H2,(H4-,17,19,20,21,22,23,24,25)/p+1/b16-8+. The van der Waals surface area contributed by atoms with Gasteiger partial charge >= 0.3 is 15.2 Å². The van der Waals surface area contributed by atoms with Crippen molar-refractivity contribution in [3.63, 3.8) is 0 Å². The van der Waals surface area contributed by atoms with Gasteiger partial charge in [0, 0.05) is 24.0 Å². The van der Waals surface area contributed by atoms with Crippen molar-refractivity contribution in [3.05, 3.63) is 60.2 Å². The van der Waals surface area contributed by atoms with Crippen LogP contribution in [0.2, 0.25) is 0 Å². The van der Waals surface area contributed by atoms with Crippen LogP contribution in [-0.4, -0.2) is 42.1 Å². The molecule has 0 aliphatic carbocycles. The van der Waals surface area contributed by atoms with Gasteiger partial charge in [0.05, 0.1) is 11.8 Å². The molecule has 0 fully saturated rings. The number of nitrogens with one attached hydrogen (secondary N) is 1. The molecule has 0 spiro atoms. The summed E-state index contributed by atoms with van der Waals surface area (Å²) in [6.07, 6.45) is 6.96. The summed E-state index contributed by atoms with van der Waals surface area (Å²) in [5.74, 6) is -0.458. The van der Waals surface area contributed by atoms with Crippen molar-refractivity contribution < 1.29 is 38.1 Å². The Labute approximate surface area is 153 Å². The number of hydrazone groups is 1. The predicted molar refractivity (Wildman–Crippen MR) is 93.8 cm³/mol. The molecule has 0 aliphatic heterocycles. The van der Waals surface area contributed by atoms with E-state index in [9.17, 15) is 33.5 Å². The Morgan fingerprint density at radius 1 is 1.19 bits per heavy atom. The molecule has 0 unspecified atom stereocenters. The lowest BCUT2D eigenvalue weighted by Gasteiger charge is -2.16. The molecular weight excluding hydrogens is 398 g/mol. The van der Waals surface area contributed by atoms with Crippen LogP contribution in [0.4, 0.5) is 0 Å². The molecule has 5 N–H and O–H groups in total. The number of rotatable bonds is 7. The van der Waals surface area contributed by atoms with Crippen LogP contribution >= 0.6 is 15.2 Å². The van der Waals surface area contributed by atoms with Crippen molar-refractivity contribution in [1.82, 2.24) is 10.4 Å². The van der Waals surface area contributed by atoms with E-state index >= 15 is 0 Å². The topological polar surface area (TPSA) is 173 Å². The Bertz CT molecular complexity index is 904. The monoisotopic (exact) mass is 415 g/mol. The first-order chi connectivity index (χ1) is 12.6. The Kier molecular flexibility index (Phi) is 6.72. The first-order valence-electron chi connectivity index (χ1n) is 7.40. The summed E-state index contributed by atoms with van der Waals surface area (Å²) >= 11 is 0. The molecule has 0 radical (unpaired) electrons. The lowest BCUT2D eigenvalue weighted by atomic mass is 10.3. The number of pyridine rings is 2. The van der Waals surface area contributed by atoms with E-state index in [0.29, 0.717) is 11.1 Å². The van der Waals surface area contributed by atoms with Crippen molar-refractivity contribution in [2.24, 2.45) is 5.10 Å². The minimum absolute atomic E-state index is 0.358. The molecule has 0 aliphatic rings. The molecule has 144 valence electrons. The van der Waals surface area contributed by atoms with Crippen LogP contribution in [0.3, 0.4) is 0 Å². The summed E-state index contributed by atoms with van der Waals surface area (Å²) in [6.45, 7) is -0.598. The van der Waals surface area contributed by atoms with E-state index in [1.54, 1.807) is 6.07 Å². The maximum absolute atomic E-state index is 11.8. The molecule has 2 rings (SSSR count). The van der Waals surface area contributed by atoms with E-state index in [4.69, 9.17) is 0 Å². The lowest BCUT2D eigenvalue weighted by molar-refractivity contribution is -0.694. The van der Waals surface area contributed by atoms with Crippen molar-refractivity contribution in [3.8, 4) is 0 Å². The summed E-state index contributed by atoms with van der Waals surface area (Å²) in [5.41, 5.74) is 3.09. The van der Waals surface area contributed by atoms with E-state index in [1.807, 2.05) is 0 Å². The molecule has 0 atom stereocenters. The van der Waals surface area contributed by atoms with Crippen LogP contribution < -0.4 is 9.99 Å². The smallest absolute Gasteiger partial charge is 0.324 e. The SMILES string of the molecule is O=C(N/N=C/c1ccc[n+](CC(P(=O)(O)O)P(=O)(O)O)c1)c1ccncc1. The van der Waals surface area contributed by atoms with E-state index in [1.165, 1.54) is 53.8 Å². The highest BCUT2D eigenvalue weighted by Crippen LogP contribution is 2.59. The van der Waals surface area contributed by atoms with E-state index in [-0.39, 0.29) is 0 Å². The summed E-state index contributed by atoms with van der Waals surface area (Å²) in [4.78, 5) is 52.4. The molecule has 0 aromatic carbocycles. The fourth-order valence-corrected chi connectivity index (χ4v) is 4.43. The van der Waals surface area contributed by atoms with Gasteiger partial charge in [0.2, 0.25) is 5.40 Å². The van der Waals surface area contributed by atoms with Gasteiger partial charge in [-0.2, -0.15) is 5.10 Å². The van der Waals surface area contributed by atoms with Crippen LogP contribution in [-0.2, 0) is 15.7 Å². The Hall–Kier alpha value is -2.26. The highest BCUT2D eigenvalue weighted by molar-refractivity contribution is 7.70. The van der Waals surface area contributed by atoms with Crippen molar-refractivity contribution in [1.29, 1.82) is 0 Å². The zero-order valence-electron chi connectivity index (χ0n) is 13.7. The van der Waals surface area contributed by atoms with Gasteiger partial charge in [-0.05, 0) is 18.2 Å². The second-order valence-corrected chi connectivity index (χ2v) is 9.44. The van der Waals surface area contributed by atoms with Crippen molar-refractivity contribution in [2.75, 3.05) is 0 Å². The van der Waals surface area contributed by atoms with E-state index < -0.39 is 33.0 Å². The summed E-state index contributed by atoms with van der Waals surface area (Å²) in [6, 6.07) is 6.10. The van der Waals surface area contributed by atoms with Crippen molar-refractivity contribution in [2.45, 2.75) is 11.9 Å². The van der Waals surface area contributed by atoms with Gasteiger partial charge in [-0.25, -0.2) is 9.99 Å². The minimum atomic E-state index is -5.03. The van der Waals surface area contributed by atoms with Gasteiger partial charge < -0.3 is 19.6 Å². The third-order valence-electron chi connectivity index (χ3n) is 3.35. The Balaban J connectivity index is 2.10. The zero-order valence-corrected chi connectivity index (χ0v) is 15.5. The molecule has 0 bridgehead atoms. The summed E-state index contributed by atoms with van der Waals surface area (Å²) in [5, 5.41) is 1.61. The normalized spacial score (nSPS) is 12.5. The van der Waals surface area contributed by atoms with Gasteiger partial charge in [-0.15, -0.1) is 0 Å². The van der Waals surface area contributed by atoms with Crippen LogP contribution in [0, 0.1) is 0 Å². The Morgan fingerprint density at radius 3 is 2.41 bits per heavy atom. The number of amides is 1. The first-order valence-corrected chi connectivity index (χ1v) is 10.8. The number of hydrogen-bond donors (Lipinski definition) is 5. The van der Waals surface area contributed by atoms with Crippen LogP contribution in [0.1, 0.15) is 15.9 Å². The highest BCUT2D eigenvalue weighted by Gasteiger charge is 2.46. The maximum atomic E-state index is 11.8. The average Bonchev–Trinajstić information content (AvgIpc) is 2.59. The number of carbonyl (C=O) groups excluding carboxylic acids is 1. The van der Waals surface area contributed by atoms with Crippen molar-refractivity contribution >= 4 is 27.3 Å². The lowest BCUT2D eigenvalue weighted by Crippen LogP contribution is -2.39. The largest absolute Gasteiger partial charge is 0.347 e. The number of hydrogen-bond acceptors (Lipinski definition) is 5. The first kappa shape index (κ1) is 21.0. The molecule has 2 heterocycles. The molecule has 0 saturated carbocycles. The molecule has 2 aromatic rings. The van der Waals surface area contributed by atoms with Gasteiger partial charge in [0.25, 0.3) is 5.91 Å². The molecule has 2 aromatic heterocycles. The molecule has 0 saturated heterocycles. The summed E-state index contributed by atoms with van der Waals surface area (Å²) in [7, 11) is -10.1. The molecule has 27 heavy (non-hydrogen) atoms. The van der Waals surface area contributed by atoms with Crippen LogP contribution in [0.15, 0.2) is 54.2 Å². The van der Waals surface area contributed by atoms with Gasteiger partial charge in [0.1, 0.15) is 0 Å². The number of aromatic nitrogens is 2. The highest BCUT2D eigenvalue weighted by atomic mass is 31.2. The average molecular weight is 415 g/mol. The van der Waals surface area contributed by atoms with Crippen LogP contribution in [0.25, 0.3) is 0 Å². The Morgan fingerprint density at radius 2 is 1.81 bits per heavy atom. The fraction of sp³-hybridized carbons (Fsp3) is 0.143. The minimum Gasteiger partial charge on any atom is -0.324 e. The maximum Gasteiger partial charge on any atom is 0.347 e. The summed E-state index contributed by atoms with van der Waals surface area (Å²) < 4.78 is 23.9. The molecule has 13 heteroatoms. The zero-order chi connectivity index (χ0) is 20.1. The molecule has 1 amide bonds. The van der Waals surface area contributed by atoms with Gasteiger partial charge in [-0.3, -0.25) is 18.9 Å². The second kappa shape index (κ2) is 8.62. The molecular formula is C14H17N4O7P2+. The number of carbonyl (C=O) groups is 1. The third-order valence-corrected chi connectivity index (χ3v) is 7.04. The van der Waals surface area contributed by atoms with Crippen LogP contribution in [0.5, 0.6) is 0 Å². The quantitative estimate of drug-likeness (QED) is 0.179. The number of nitrogens with zero attached hydrogens (tertiary/aromatic N) is 3. The van der Waals surface area contributed by atoms with Gasteiger partial charge in [-0.1, -0.05) is 0 Å². The predicted octanol–water partition coefficient (Wildman–Crippen LogP) is -0.185. The third kappa shape index (κ3) is 6.44.